The van der Waals surface area contributed by atoms with Gasteiger partial charge in [0.1, 0.15) is 4.84 Å². The minimum Gasteiger partial charge on any atom is -0.205 e. The summed E-state index contributed by atoms with van der Waals surface area (Å²) in [5.74, 6) is 0. The Morgan fingerprint density at radius 3 is 2.39 bits per heavy atom. The van der Waals surface area contributed by atoms with Crippen LogP contribution in [0.4, 0.5) is 8.78 Å². The Bertz CT molecular complexity index is 570. The first kappa shape index (κ1) is 14.0. The van der Waals surface area contributed by atoms with Gasteiger partial charge in [0, 0.05) is 16.5 Å². The quantitative estimate of drug-likeness (QED) is 0.604. The van der Waals surface area contributed by atoms with E-state index in [0.717, 1.165) is 9.86 Å². The smallest absolute Gasteiger partial charge is 0.205 e. The van der Waals surface area contributed by atoms with Crippen LogP contribution >= 0.6 is 39.1 Å². The molecule has 0 amide bonds. The lowest BCUT2D eigenvalue weighted by molar-refractivity contribution is 0.152. The summed E-state index contributed by atoms with van der Waals surface area (Å²) in [7, 11) is 0. The molecule has 0 radical (unpaired) electrons. The summed E-state index contributed by atoms with van der Waals surface area (Å²) in [5.41, 5.74) is 0.505. The zero-order valence-corrected chi connectivity index (χ0v) is 12.2. The third kappa shape index (κ3) is 2.79. The van der Waals surface area contributed by atoms with Gasteiger partial charge in [-0.25, -0.2) is 8.78 Å². The minimum atomic E-state index is -2.55. The Morgan fingerprint density at radius 2 is 1.78 bits per heavy atom. The highest BCUT2D eigenvalue weighted by Crippen LogP contribution is 2.35. The summed E-state index contributed by atoms with van der Waals surface area (Å²) in [6, 6.07) is 8.70. The summed E-state index contributed by atoms with van der Waals surface area (Å²) in [6.45, 7) is 0. The number of hydrogen-bond donors (Lipinski definition) is 0. The lowest BCUT2D eigenvalue weighted by Gasteiger charge is -2.13. The van der Waals surface area contributed by atoms with Crippen molar-refractivity contribution in [3.63, 3.8) is 0 Å². The molecule has 5 heteroatoms. The maximum Gasteiger partial charge on any atom is 0.264 e. The van der Waals surface area contributed by atoms with Crippen LogP contribution in [-0.2, 0) is 6.42 Å². The largest absolute Gasteiger partial charge is 0.264 e. The lowest BCUT2D eigenvalue weighted by atomic mass is 9.97. The van der Waals surface area contributed by atoms with Gasteiger partial charge in [0.25, 0.3) is 6.43 Å². The van der Waals surface area contributed by atoms with Crippen LogP contribution in [0.2, 0.25) is 0 Å². The van der Waals surface area contributed by atoms with E-state index in [4.69, 9.17) is 23.2 Å². The third-order valence-electron chi connectivity index (χ3n) is 2.73. The van der Waals surface area contributed by atoms with Crippen molar-refractivity contribution in [2.45, 2.75) is 17.7 Å². The van der Waals surface area contributed by atoms with Crippen LogP contribution in [0.3, 0.4) is 0 Å². The maximum atomic E-state index is 13.2. The van der Waals surface area contributed by atoms with Gasteiger partial charge in [-0.15, -0.1) is 23.2 Å². The molecule has 0 saturated carbocycles. The number of rotatable bonds is 3. The molecule has 0 unspecified atom stereocenters. The van der Waals surface area contributed by atoms with Crippen molar-refractivity contribution in [2.75, 3.05) is 0 Å². The summed E-state index contributed by atoms with van der Waals surface area (Å²) in [6.07, 6.45) is -2.34. The van der Waals surface area contributed by atoms with Crippen LogP contribution in [0, 0.1) is 0 Å². The molecule has 0 bridgehead atoms. The fourth-order valence-corrected chi connectivity index (χ4v) is 2.82. The average Bonchev–Trinajstić information content (AvgIpc) is 2.27. The van der Waals surface area contributed by atoms with Gasteiger partial charge in [-0.2, -0.15) is 0 Å². The van der Waals surface area contributed by atoms with Crippen molar-refractivity contribution in [3.8, 4) is 0 Å². The Labute approximate surface area is 122 Å². The molecule has 0 aliphatic rings. The first-order valence-corrected chi connectivity index (χ1v) is 6.93. The summed E-state index contributed by atoms with van der Waals surface area (Å²) >= 11 is 14.7. The Balaban J connectivity index is 2.70. The fourth-order valence-electron chi connectivity index (χ4n) is 1.99. The lowest BCUT2D eigenvalue weighted by Crippen LogP contribution is -2.01. The van der Waals surface area contributed by atoms with Crippen molar-refractivity contribution in [1.82, 2.24) is 0 Å². The van der Waals surface area contributed by atoms with E-state index < -0.39 is 11.3 Å². The first-order chi connectivity index (χ1) is 8.50. The van der Waals surface area contributed by atoms with Crippen molar-refractivity contribution in [1.29, 1.82) is 0 Å². The molecule has 0 N–H and O–H groups in total. The van der Waals surface area contributed by atoms with Gasteiger partial charge in [0.05, 0.1) is 0 Å². The minimum absolute atomic E-state index is 0.0140. The zero-order chi connectivity index (χ0) is 13.3. The van der Waals surface area contributed by atoms with Crippen LogP contribution in [-0.4, -0.2) is 4.84 Å². The van der Waals surface area contributed by atoms with Crippen LogP contribution in [0.1, 0.15) is 17.6 Å². The molecule has 18 heavy (non-hydrogen) atoms. The standard InChI is InChI=1S/C13H9BrCl2F2/c14-10-3-1-2-9-8(10)5-4-7(6-11(15)16)12(9)13(17)18/h1-5,11,13H,6H2. The van der Waals surface area contributed by atoms with E-state index in [1.807, 2.05) is 6.07 Å². The van der Waals surface area contributed by atoms with Gasteiger partial charge in [0.2, 0.25) is 0 Å². The molecule has 2 aromatic carbocycles. The molecular formula is C13H9BrCl2F2. The maximum absolute atomic E-state index is 13.2. The van der Waals surface area contributed by atoms with Gasteiger partial charge in [0.15, 0.2) is 0 Å². The molecule has 0 aliphatic carbocycles. The van der Waals surface area contributed by atoms with Gasteiger partial charge < -0.3 is 0 Å². The van der Waals surface area contributed by atoms with Crippen molar-refractivity contribution >= 4 is 49.9 Å². The molecule has 0 fully saturated rings. The van der Waals surface area contributed by atoms with Crippen LogP contribution in [0.5, 0.6) is 0 Å². The van der Waals surface area contributed by atoms with Crippen LogP contribution in [0.25, 0.3) is 10.8 Å². The Morgan fingerprint density at radius 1 is 1.06 bits per heavy atom. The second-order valence-corrected chi connectivity index (χ2v) is 6.00. The normalized spacial score (nSPS) is 11.7. The fraction of sp³-hybridized carbons (Fsp3) is 0.231. The first-order valence-electron chi connectivity index (χ1n) is 5.27. The van der Waals surface area contributed by atoms with Crippen LogP contribution < -0.4 is 0 Å². The molecule has 0 aromatic heterocycles. The molecule has 0 spiro atoms. The molecule has 2 rings (SSSR count). The molecule has 0 heterocycles. The van der Waals surface area contributed by atoms with Gasteiger partial charge >= 0.3 is 0 Å². The SMILES string of the molecule is FC(F)c1c(CC(Cl)Cl)ccc2c(Br)cccc12. The molecule has 2 aromatic rings. The predicted molar refractivity (Wildman–Crippen MR) is 75.8 cm³/mol. The summed E-state index contributed by atoms with van der Waals surface area (Å²) in [5, 5.41) is 1.29. The number of hydrogen-bond acceptors (Lipinski definition) is 0. The molecule has 0 aliphatic heterocycles. The molecular weight excluding hydrogens is 345 g/mol. The second-order valence-electron chi connectivity index (χ2n) is 3.87. The predicted octanol–water partition coefficient (Wildman–Crippen LogP) is 5.89. The topological polar surface area (TPSA) is 0 Å². The summed E-state index contributed by atoms with van der Waals surface area (Å²) < 4.78 is 27.3. The highest BCUT2D eigenvalue weighted by molar-refractivity contribution is 9.10. The van der Waals surface area contributed by atoms with Gasteiger partial charge in [-0.05, 0) is 22.4 Å². The Kier molecular flexibility index (Phi) is 4.46. The summed E-state index contributed by atoms with van der Waals surface area (Å²) in [4.78, 5) is -0.688. The van der Waals surface area contributed by atoms with Crippen molar-refractivity contribution in [2.24, 2.45) is 0 Å². The zero-order valence-electron chi connectivity index (χ0n) is 9.14. The Hall–Kier alpha value is -0.380. The number of halogens is 5. The highest BCUT2D eigenvalue weighted by Gasteiger charge is 2.18. The second kappa shape index (κ2) is 5.72. The van der Waals surface area contributed by atoms with Crippen molar-refractivity contribution in [3.05, 3.63) is 45.9 Å². The van der Waals surface area contributed by atoms with E-state index >= 15 is 0 Å². The van der Waals surface area contributed by atoms with E-state index in [2.05, 4.69) is 15.9 Å². The van der Waals surface area contributed by atoms with Gasteiger partial charge in [-0.1, -0.05) is 40.2 Å². The average molecular weight is 354 g/mol. The van der Waals surface area contributed by atoms with E-state index in [0.29, 0.717) is 10.9 Å². The molecule has 0 nitrogen and oxygen atoms in total. The van der Waals surface area contributed by atoms with Crippen molar-refractivity contribution < 1.29 is 8.78 Å². The van der Waals surface area contributed by atoms with E-state index in [1.54, 1.807) is 24.3 Å². The molecule has 96 valence electrons. The third-order valence-corrected chi connectivity index (χ3v) is 3.73. The number of fused-ring (bicyclic) bond motifs is 1. The van der Waals surface area contributed by atoms with E-state index in [9.17, 15) is 8.78 Å². The van der Waals surface area contributed by atoms with E-state index in [-0.39, 0.29) is 12.0 Å². The highest BCUT2D eigenvalue weighted by atomic mass is 79.9. The number of alkyl halides is 4. The molecule has 0 atom stereocenters. The van der Waals surface area contributed by atoms with Crippen LogP contribution in [0.15, 0.2) is 34.8 Å². The van der Waals surface area contributed by atoms with Gasteiger partial charge in [-0.3, -0.25) is 0 Å². The monoisotopic (exact) mass is 352 g/mol. The number of benzene rings is 2. The molecule has 0 saturated heterocycles. The van der Waals surface area contributed by atoms with E-state index in [1.165, 1.54) is 0 Å².